The molecule has 28 heavy (non-hydrogen) atoms. The monoisotopic (exact) mass is 400 g/mol. The van der Waals surface area contributed by atoms with Gasteiger partial charge >= 0.3 is 0 Å². The number of carbonyl (C=O) groups is 1. The first-order chi connectivity index (χ1) is 13.5. The number of anilines is 1. The van der Waals surface area contributed by atoms with Crippen molar-refractivity contribution in [3.05, 3.63) is 59.2 Å². The Kier molecular flexibility index (Phi) is 5.37. The molecule has 6 nitrogen and oxygen atoms in total. The molecule has 1 heterocycles. The van der Waals surface area contributed by atoms with Crippen molar-refractivity contribution in [1.29, 1.82) is 0 Å². The number of hydrogen-bond acceptors (Lipinski definition) is 4. The van der Waals surface area contributed by atoms with E-state index in [1.807, 2.05) is 6.07 Å². The van der Waals surface area contributed by atoms with Crippen molar-refractivity contribution >= 4 is 21.6 Å². The molecule has 0 spiro atoms. The first kappa shape index (κ1) is 19.0. The van der Waals surface area contributed by atoms with Crippen LogP contribution in [0.1, 0.15) is 40.7 Å². The molecular formula is C21H24N2O4S. The molecule has 0 saturated carbocycles. The van der Waals surface area contributed by atoms with Gasteiger partial charge in [0.15, 0.2) is 0 Å². The van der Waals surface area contributed by atoms with E-state index < -0.39 is 10.0 Å². The number of para-hydroxylation sites is 1. The van der Waals surface area contributed by atoms with Gasteiger partial charge in [-0.2, -0.15) is 0 Å². The van der Waals surface area contributed by atoms with E-state index in [1.54, 1.807) is 36.4 Å². The highest BCUT2D eigenvalue weighted by molar-refractivity contribution is 7.92. The average Bonchev–Trinajstić information content (AvgIpc) is 3.37. The largest absolute Gasteiger partial charge is 0.376 e. The Morgan fingerprint density at radius 2 is 1.89 bits per heavy atom. The Morgan fingerprint density at radius 3 is 2.71 bits per heavy atom. The summed E-state index contributed by atoms with van der Waals surface area (Å²) in [5.41, 5.74) is 2.87. The van der Waals surface area contributed by atoms with Crippen molar-refractivity contribution < 1.29 is 17.9 Å². The van der Waals surface area contributed by atoms with E-state index in [0.717, 1.165) is 44.3 Å². The van der Waals surface area contributed by atoms with Gasteiger partial charge in [-0.3, -0.25) is 9.52 Å². The summed E-state index contributed by atoms with van der Waals surface area (Å²) < 4.78 is 33.9. The van der Waals surface area contributed by atoms with Crippen LogP contribution in [0.25, 0.3) is 0 Å². The van der Waals surface area contributed by atoms with Crippen molar-refractivity contribution in [1.82, 2.24) is 5.32 Å². The first-order valence-electron chi connectivity index (χ1n) is 9.66. The van der Waals surface area contributed by atoms with Gasteiger partial charge in [0.25, 0.3) is 15.9 Å². The van der Waals surface area contributed by atoms with Crippen LogP contribution in [0.2, 0.25) is 0 Å². The van der Waals surface area contributed by atoms with Crippen LogP contribution in [0, 0.1) is 0 Å². The lowest BCUT2D eigenvalue weighted by atomic mass is 10.1. The summed E-state index contributed by atoms with van der Waals surface area (Å²) in [5, 5.41) is 2.84. The van der Waals surface area contributed by atoms with E-state index in [1.165, 1.54) is 5.56 Å². The molecule has 2 aromatic carbocycles. The normalized spacial score (nSPS) is 18.6. The fourth-order valence-corrected chi connectivity index (χ4v) is 4.93. The molecule has 0 bridgehead atoms. The van der Waals surface area contributed by atoms with E-state index in [2.05, 4.69) is 10.0 Å². The minimum atomic E-state index is -3.78. The quantitative estimate of drug-likeness (QED) is 0.781. The zero-order valence-electron chi connectivity index (χ0n) is 15.6. The van der Waals surface area contributed by atoms with E-state index >= 15 is 0 Å². The van der Waals surface area contributed by atoms with Gasteiger partial charge in [-0.15, -0.1) is 0 Å². The summed E-state index contributed by atoms with van der Waals surface area (Å²) >= 11 is 0. The summed E-state index contributed by atoms with van der Waals surface area (Å²) in [6.07, 6.45) is 4.90. The Morgan fingerprint density at radius 1 is 1.07 bits per heavy atom. The molecule has 1 aliphatic carbocycles. The van der Waals surface area contributed by atoms with Crippen LogP contribution >= 0.6 is 0 Å². The number of aryl methyl sites for hydroxylation is 2. The number of ether oxygens (including phenoxy) is 1. The molecule has 2 N–H and O–H groups in total. The van der Waals surface area contributed by atoms with Crippen molar-refractivity contribution in [2.24, 2.45) is 0 Å². The van der Waals surface area contributed by atoms with Crippen molar-refractivity contribution in [2.45, 2.75) is 43.1 Å². The number of fused-ring (bicyclic) bond motifs is 1. The van der Waals surface area contributed by atoms with Gasteiger partial charge in [0, 0.05) is 13.2 Å². The van der Waals surface area contributed by atoms with Crippen LogP contribution in [0.15, 0.2) is 47.4 Å². The molecule has 0 aromatic heterocycles. The SMILES string of the molecule is O=C(NC[C@@H]1CCCO1)c1ccccc1NS(=O)(=O)c1ccc2c(c1)CCC2. The minimum Gasteiger partial charge on any atom is -0.376 e. The number of carbonyl (C=O) groups excluding carboxylic acids is 1. The lowest BCUT2D eigenvalue weighted by Crippen LogP contribution is -2.32. The van der Waals surface area contributed by atoms with Gasteiger partial charge in [0.1, 0.15) is 0 Å². The summed E-state index contributed by atoms with van der Waals surface area (Å²) in [5.74, 6) is -0.317. The highest BCUT2D eigenvalue weighted by atomic mass is 32.2. The zero-order chi connectivity index (χ0) is 19.6. The number of rotatable bonds is 6. The Hall–Kier alpha value is -2.38. The molecular weight excluding hydrogens is 376 g/mol. The first-order valence-corrected chi connectivity index (χ1v) is 11.1. The smallest absolute Gasteiger partial charge is 0.261 e. The van der Waals surface area contributed by atoms with E-state index in [9.17, 15) is 13.2 Å². The number of sulfonamides is 1. The molecule has 148 valence electrons. The van der Waals surface area contributed by atoms with Crippen molar-refractivity contribution in [3.63, 3.8) is 0 Å². The third-order valence-electron chi connectivity index (χ3n) is 5.31. The van der Waals surface area contributed by atoms with Crippen molar-refractivity contribution in [2.75, 3.05) is 17.9 Å². The Balaban J connectivity index is 1.52. The van der Waals surface area contributed by atoms with Gasteiger partial charge < -0.3 is 10.1 Å². The molecule has 2 aliphatic rings. The van der Waals surface area contributed by atoms with Crippen LogP contribution in [-0.4, -0.2) is 33.6 Å². The summed E-state index contributed by atoms with van der Waals surface area (Å²) in [6, 6.07) is 11.9. The van der Waals surface area contributed by atoms with E-state index in [0.29, 0.717) is 12.1 Å². The predicted molar refractivity (Wildman–Crippen MR) is 107 cm³/mol. The van der Waals surface area contributed by atoms with Crippen LogP contribution < -0.4 is 10.0 Å². The van der Waals surface area contributed by atoms with Gasteiger partial charge in [-0.1, -0.05) is 18.2 Å². The van der Waals surface area contributed by atoms with E-state index in [-0.39, 0.29) is 22.6 Å². The average molecular weight is 401 g/mol. The maximum Gasteiger partial charge on any atom is 0.261 e. The molecule has 2 aromatic rings. The number of nitrogens with one attached hydrogen (secondary N) is 2. The number of amides is 1. The Labute approximate surface area is 165 Å². The summed E-state index contributed by atoms with van der Waals surface area (Å²) in [4.78, 5) is 12.8. The van der Waals surface area contributed by atoms with Crippen molar-refractivity contribution in [3.8, 4) is 0 Å². The molecule has 0 unspecified atom stereocenters. The predicted octanol–water partition coefficient (Wildman–Crippen LogP) is 2.88. The molecule has 4 rings (SSSR count). The number of hydrogen-bond donors (Lipinski definition) is 2. The van der Waals surface area contributed by atoms with Gasteiger partial charge in [-0.05, 0) is 67.5 Å². The fourth-order valence-electron chi connectivity index (χ4n) is 3.80. The Bertz CT molecular complexity index is 982. The van der Waals surface area contributed by atoms with Gasteiger partial charge in [0.2, 0.25) is 0 Å². The van der Waals surface area contributed by atoms with Crippen LogP contribution in [-0.2, 0) is 27.6 Å². The lowest BCUT2D eigenvalue weighted by Gasteiger charge is -2.15. The topological polar surface area (TPSA) is 84.5 Å². The van der Waals surface area contributed by atoms with Crippen LogP contribution in [0.5, 0.6) is 0 Å². The molecule has 7 heteroatoms. The molecule has 1 amide bonds. The van der Waals surface area contributed by atoms with Crippen LogP contribution in [0.3, 0.4) is 0 Å². The minimum absolute atomic E-state index is 0.0271. The second-order valence-electron chi connectivity index (χ2n) is 7.28. The van der Waals surface area contributed by atoms with E-state index in [4.69, 9.17) is 4.74 Å². The second kappa shape index (κ2) is 7.93. The highest BCUT2D eigenvalue weighted by Crippen LogP contribution is 2.26. The van der Waals surface area contributed by atoms with Gasteiger partial charge in [-0.25, -0.2) is 8.42 Å². The maximum atomic E-state index is 12.9. The third-order valence-corrected chi connectivity index (χ3v) is 6.67. The van der Waals surface area contributed by atoms with Gasteiger partial charge in [0.05, 0.1) is 22.3 Å². The third kappa shape index (κ3) is 4.05. The van der Waals surface area contributed by atoms with Crippen LogP contribution in [0.4, 0.5) is 5.69 Å². The fraction of sp³-hybridized carbons (Fsp3) is 0.381. The lowest BCUT2D eigenvalue weighted by molar-refractivity contribution is 0.0858. The second-order valence-corrected chi connectivity index (χ2v) is 8.96. The molecule has 1 atom stereocenters. The summed E-state index contributed by atoms with van der Waals surface area (Å²) in [6.45, 7) is 1.14. The summed E-state index contributed by atoms with van der Waals surface area (Å²) in [7, 11) is -3.78. The zero-order valence-corrected chi connectivity index (χ0v) is 16.4. The molecule has 1 aliphatic heterocycles. The highest BCUT2D eigenvalue weighted by Gasteiger charge is 2.22. The number of benzene rings is 2. The maximum absolute atomic E-state index is 12.9. The molecule has 1 fully saturated rings. The standard InChI is InChI=1S/C21H24N2O4S/c24-21(22-14-17-7-4-12-27-17)19-8-1-2-9-20(19)23-28(25,26)18-11-10-15-5-3-6-16(15)13-18/h1-2,8-11,13,17,23H,3-7,12,14H2,(H,22,24)/t17-/m0/s1. The molecule has 0 radical (unpaired) electrons. The molecule has 1 saturated heterocycles.